The van der Waals surface area contributed by atoms with Crippen LogP contribution in [0.25, 0.3) is 0 Å². The van der Waals surface area contributed by atoms with Gasteiger partial charge in [0.1, 0.15) is 0 Å². The van der Waals surface area contributed by atoms with Crippen molar-refractivity contribution in [2.24, 2.45) is 0 Å². The monoisotopic (exact) mass is 268 g/mol. The average molecular weight is 268 g/mol. The molecule has 0 spiro atoms. The zero-order valence-electron chi connectivity index (χ0n) is 10.9. The number of methoxy groups -OCH3 is 1. The first-order valence-corrected chi connectivity index (χ1v) is 6.14. The lowest BCUT2D eigenvalue weighted by Gasteiger charge is -2.15. The van der Waals surface area contributed by atoms with Crippen molar-refractivity contribution in [1.82, 2.24) is 4.98 Å². The highest BCUT2D eigenvalue weighted by Gasteiger charge is 2.28. The van der Waals surface area contributed by atoms with Crippen molar-refractivity contribution >= 4 is 17.6 Å². The summed E-state index contributed by atoms with van der Waals surface area (Å²) in [5.41, 5.74) is 2.80. The molecule has 1 aromatic carbocycles. The molecule has 1 aliphatic heterocycles. The molecule has 0 saturated heterocycles. The second kappa shape index (κ2) is 4.77. The Morgan fingerprint density at radius 2 is 2.00 bits per heavy atom. The molecule has 0 atom stereocenters. The number of aromatic nitrogens is 1. The van der Waals surface area contributed by atoms with Crippen LogP contribution in [-0.4, -0.2) is 24.0 Å². The molecule has 5 nitrogen and oxygen atoms in total. The van der Waals surface area contributed by atoms with Crippen molar-refractivity contribution in [3.63, 3.8) is 0 Å². The third kappa shape index (κ3) is 1.93. The van der Waals surface area contributed by atoms with E-state index in [0.29, 0.717) is 17.7 Å². The summed E-state index contributed by atoms with van der Waals surface area (Å²) >= 11 is 0. The number of esters is 1. The van der Waals surface area contributed by atoms with Crippen molar-refractivity contribution in [2.75, 3.05) is 12.0 Å². The van der Waals surface area contributed by atoms with Crippen molar-refractivity contribution in [1.29, 1.82) is 0 Å². The van der Waals surface area contributed by atoms with Crippen LogP contribution in [0.2, 0.25) is 0 Å². The average Bonchev–Trinajstić information content (AvgIpc) is 2.84. The van der Waals surface area contributed by atoms with Crippen LogP contribution >= 0.6 is 0 Å². The van der Waals surface area contributed by atoms with E-state index in [1.54, 1.807) is 41.6 Å². The fourth-order valence-electron chi connectivity index (χ4n) is 2.25. The Hall–Kier alpha value is -2.69. The number of anilines is 1. The van der Waals surface area contributed by atoms with Crippen LogP contribution in [0.5, 0.6) is 0 Å². The summed E-state index contributed by atoms with van der Waals surface area (Å²) in [6, 6.07) is 8.62. The maximum absolute atomic E-state index is 12.3. The third-order valence-electron chi connectivity index (χ3n) is 3.32. The van der Waals surface area contributed by atoms with Crippen LogP contribution < -0.4 is 4.90 Å². The highest BCUT2D eigenvalue weighted by Crippen LogP contribution is 2.27. The molecule has 1 aromatic heterocycles. The minimum absolute atomic E-state index is 0.0704. The summed E-state index contributed by atoms with van der Waals surface area (Å²) < 4.78 is 4.65. The van der Waals surface area contributed by atoms with Crippen LogP contribution in [0.1, 0.15) is 26.3 Å². The second-order valence-electron chi connectivity index (χ2n) is 4.46. The number of benzene rings is 1. The number of fused-ring (bicyclic) bond motifs is 1. The fourth-order valence-corrected chi connectivity index (χ4v) is 2.25. The lowest BCUT2D eigenvalue weighted by atomic mass is 10.2. The Kier molecular flexibility index (Phi) is 2.95. The normalized spacial score (nSPS) is 13.2. The van der Waals surface area contributed by atoms with Gasteiger partial charge in [-0.15, -0.1) is 0 Å². The largest absolute Gasteiger partial charge is 0.465 e. The third-order valence-corrected chi connectivity index (χ3v) is 3.32. The molecule has 2 heterocycles. The van der Waals surface area contributed by atoms with Crippen LogP contribution in [0.15, 0.2) is 42.7 Å². The SMILES string of the molecule is COC(=O)c1ccc(N2Cc3ccncc3C2=O)cc1. The van der Waals surface area contributed by atoms with Gasteiger partial charge < -0.3 is 9.64 Å². The maximum atomic E-state index is 12.3. The van der Waals surface area contributed by atoms with Crippen molar-refractivity contribution in [3.05, 3.63) is 59.4 Å². The van der Waals surface area contributed by atoms with E-state index in [-0.39, 0.29) is 5.91 Å². The summed E-state index contributed by atoms with van der Waals surface area (Å²) in [7, 11) is 1.34. The van der Waals surface area contributed by atoms with Gasteiger partial charge in [-0.1, -0.05) is 0 Å². The minimum atomic E-state index is -0.392. The van der Waals surface area contributed by atoms with Gasteiger partial charge in [0.25, 0.3) is 5.91 Å². The number of carbonyl (C=O) groups excluding carboxylic acids is 2. The molecule has 2 aromatic rings. The van der Waals surface area contributed by atoms with Crippen molar-refractivity contribution in [3.8, 4) is 0 Å². The zero-order chi connectivity index (χ0) is 14.1. The van der Waals surface area contributed by atoms with E-state index in [2.05, 4.69) is 9.72 Å². The number of carbonyl (C=O) groups is 2. The summed E-state index contributed by atoms with van der Waals surface area (Å²) in [6.07, 6.45) is 3.26. The lowest BCUT2D eigenvalue weighted by Crippen LogP contribution is -2.23. The smallest absolute Gasteiger partial charge is 0.337 e. The van der Waals surface area contributed by atoms with Crippen LogP contribution in [-0.2, 0) is 11.3 Å². The Morgan fingerprint density at radius 1 is 1.25 bits per heavy atom. The molecule has 1 aliphatic rings. The van der Waals surface area contributed by atoms with Crippen molar-refractivity contribution in [2.45, 2.75) is 6.54 Å². The quantitative estimate of drug-likeness (QED) is 0.782. The highest BCUT2D eigenvalue weighted by atomic mass is 16.5. The molecular formula is C15H12N2O3. The number of pyridine rings is 1. The molecule has 100 valence electrons. The molecule has 20 heavy (non-hydrogen) atoms. The number of nitrogens with zero attached hydrogens (tertiary/aromatic N) is 2. The van der Waals surface area contributed by atoms with E-state index in [1.807, 2.05) is 6.07 Å². The number of ether oxygens (including phenoxy) is 1. The molecule has 0 N–H and O–H groups in total. The van der Waals surface area contributed by atoms with Crippen LogP contribution in [0.3, 0.4) is 0 Å². The van der Waals surface area contributed by atoms with Crippen LogP contribution in [0.4, 0.5) is 5.69 Å². The number of hydrogen-bond donors (Lipinski definition) is 0. The second-order valence-corrected chi connectivity index (χ2v) is 4.46. The standard InChI is InChI=1S/C15H12N2O3/c1-20-15(19)10-2-4-12(5-3-10)17-9-11-6-7-16-8-13(11)14(17)18/h2-8H,9H2,1H3. The molecule has 0 saturated carbocycles. The molecule has 3 rings (SSSR count). The van der Waals surface area contributed by atoms with Gasteiger partial charge >= 0.3 is 5.97 Å². The Labute approximate surface area is 115 Å². The lowest BCUT2D eigenvalue weighted by molar-refractivity contribution is 0.0600. The van der Waals surface area contributed by atoms with Gasteiger partial charge in [-0.2, -0.15) is 0 Å². The molecule has 5 heteroatoms. The van der Waals surface area contributed by atoms with Gasteiger partial charge in [0.2, 0.25) is 0 Å². The van der Waals surface area contributed by atoms with E-state index in [9.17, 15) is 9.59 Å². The molecule has 0 radical (unpaired) electrons. The van der Waals surface area contributed by atoms with Crippen LogP contribution in [0, 0.1) is 0 Å². The van der Waals surface area contributed by atoms with Gasteiger partial charge in [-0.05, 0) is 35.9 Å². The Morgan fingerprint density at radius 3 is 2.65 bits per heavy atom. The predicted octanol–water partition coefficient (Wildman–Crippen LogP) is 2.03. The van der Waals surface area contributed by atoms with E-state index in [0.717, 1.165) is 11.3 Å². The molecule has 0 unspecified atom stereocenters. The number of amides is 1. The van der Waals surface area contributed by atoms with Gasteiger partial charge in [-0.25, -0.2) is 4.79 Å². The van der Waals surface area contributed by atoms with Crippen molar-refractivity contribution < 1.29 is 14.3 Å². The van der Waals surface area contributed by atoms with E-state index in [4.69, 9.17) is 0 Å². The van der Waals surface area contributed by atoms with Gasteiger partial charge in [-0.3, -0.25) is 9.78 Å². The van der Waals surface area contributed by atoms with Gasteiger partial charge in [0, 0.05) is 18.1 Å². The summed E-state index contributed by atoms with van der Waals surface area (Å²) in [4.78, 5) is 29.3. The summed E-state index contributed by atoms with van der Waals surface area (Å²) in [6.45, 7) is 0.522. The minimum Gasteiger partial charge on any atom is -0.465 e. The van der Waals surface area contributed by atoms with E-state index in [1.165, 1.54) is 7.11 Å². The molecule has 0 fully saturated rings. The molecule has 0 aliphatic carbocycles. The number of rotatable bonds is 2. The summed E-state index contributed by atoms with van der Waals surface area (Å²) in [5.74, 6) is -0.462. The van der Waals surface area contributed by atoms with E-state index < -0.39 is 5.97 Å². The molecule has 0 bridgehead atoms. The zero-order valence-corrected chi connectivity index (χ0v) is 10.9. The van der Waals surface area contributed by atoms with Gasteiger partial charge in [0.05, 0.1) is 24.8 Å². The first-order chi connectivity index (χ1) is 9.70. The van der Waals surface area contributed by atoms with E-state index >= 15 is 0 Å². The fraction of sp³-hybridized carbons (Fsp3) is 0.133. The van der Waals surface area contributed by atoms with Gasteiger partial charge in [0.15, 0.2) is 0 Å². The topological polar surface area (TPSA) is 59.5 Å². The molecular weight excluding hydrogens is 256 g/mol. The number of hydrogen-bond acceptors (Lipinski definition) is 4. The predicted molar refractivity (Wildman–Crippen MR) is 72.5 cm³/mol. The Bertz CT molecular complexity index is 680. The Balaban J connectivity index is 1.89. The molecule has 1 amide bonds. The maximum Gasteiger partial charge on any atom is 0.337 e. The first kappa shape index (κ1) is 12.3. The highest BCUT2D eigenvalue weighted by molar-refractivity contribution is 6.09. The summed E-state index contributed by atoms with van der Waals surface area (Å²) in [5, 5.41) is 0. The first-order valence-electron chi connectivity index (χ1n) is 6.14.